The predicted molar refractivity (Wildman–Crippen MR) is 69.5 cm³/mol. The zero-order valence-electron chi connectivity index (χ0n) is 9.60. The van der Waals surface area contributed by atoms with Crippen molar-refractivity contribution in [3.05, 3.63) is 71.1 Å². The van der Waals surface area contributed by atoms with Crippen LogP contribution >= 0.6 is 0 Å². The highest BCUT2D eigenvalue weighted by atomic mass is 16.3. The highest BCUT2D eigenvalue weighted by Gasteiger charge is 2.21. The first-order valence-corrected chi connectivity index (χ1v) is 5.49. The van der Waals surface area contributed by atoms with E-state index in [0.29, 0.717) is 5.69 Å². The molecule has 2 aromatic rings. The molecule has 0 heterocycles. The number of nitrogens with zero attached hydrogens (tertiary/aromatic N) is 3. The molecule has 0 saturated carbocycles. The number of anilines is 1. The molecule has 0 N–H and O–H groups in total. The number of rotatable bonds is 4. The van der Waals surface area contributed by atoms with Crippen LogP contribution in [0.15, 0.2) is 65.9 Å². The maximum atomic E-state index is 11.0. The van der Waals surface area contributed by atoms with Crippen LogP contribution in [0.5, 0.6) is 0 Å². The van der Waals surface area contributed by atoms with Gasteiger partial charge in [0.05, 0.1) is 17.0 Å². The van der Waals surface area contributed by atoms with E-state index in [4.69, 9.17) is 0 Å². The molecular formula is C14H11N3O. The van der Waals surface area contributed by atoms with Crippen LogP contribution in [0.25, 0.3) is 0 Å². The second kappa shape index (κ2) is 5.60. The number of nitriles is 1. The third kappa shape index (κ3) is 2.36. The van der Waals surface area contributed by atoms with Crippen LogP contribution in [0, 0.1) is 16.2 Å². The van der Waals surface area contributed by atoms with Crippen molar-refractivity contribution in [1.29, 1.82) is 5.26 Å². The minimum atomic E-state index is -0.717. The van der Waals surface area contributed by atoms with Crippen molar-refractivity contribution in [3.63, 3.8) is 0 Å². The van der Waals surface area contributed by atoms with E-state index in [-0.39, 0.29) is 0 Å². The van der Waals surface area contributed by atoms with Gasteiger partial charge < -0.3 is 0 Å². The van der Waals surface area contributed by atoms with Crippen LogP contribution in [0.4, 0.5) is 5.69 Å². The summed E-state index contributed by atoms with van der Waals surface area (Å²) >= 11 is 0. The highest BCUT2D eigenvalue weighted by molar-refractivity contribution is 5.49. The molecule has 0 fully saturated rings. The Morgan fingerprint density at radius 1 is 1.00 bits per heavy atom. The molecule has 0 aliphatic rings. The van der Waals surface area contributed by atoms with Gasteiger partial charge in [-0.1, -0.05) is 48.5 Å². The molecule has 1 atom stereocenters. The molecule has 4 heteroatoms. The average molecular weight is 237 g/mol. The van der Waals surface area contributed by atoms with Crippen LogP contribution in [0.2, 0.25) is 0 Å². The first kappa shape index (κ1) is 11.8. The lowest BCUT2D eigenvalue weighted by Gasteiger charge is -2.20. The summed E-state index contributed by atoms with van der Waals surface area (Å²) < 4.78 is 0. The van der Waals surface area contributed by atoms with E-state index in [1.807, 2.05) is 24.3 Å². The number of para-hydroxylation sites is 1. The summed E-state index contributed by atoms with van der Waals surface area (Å²) in [7, 11) is 0. The number of nitroso groups, excluding NO2 is 1. The molecule has 4 nitrogen and oxygen atoms in total. The molecule has 2 rings (SSSR count). The standard InChI is InChI=1S/C14H11N3O/c15-11-14(12-7-3-1-4-8-12)17(16-18)13-9-5-2-6-10-13/h1-10,14H. The minimum absolute atomic E-state index is 0.600. The highest BCUT2D eigenvalue weighted by Crippen LogP contribution is 2.26. The number of hydrogen-bond donors (Lipinski definition) is 0. The van der Waals surface area contributed by atoms with Crippen LogP contribution in [0.3, 0.4) is 0 Å². The molecule has 0 bridgehead atoms. The third-order valence-corrected chi connectivity index (χ3v) is 2.59. The molecule has 0 aliphatic carbocycles. The summed E-state index contributed by atoms with van der Waals surface area (Å²) in [5, 5.41) is 13.4. The van der Waals surface area contributed by atoms with Gasteiger partial charge in [-0.3, -0.25) is 0 Å². The van der Waals surface area contributed by atoms with Gasteiger partial charge in [0.1, 0.15) is 0 Å². The van der Waals surface area contributed by atoms with Crippen molar-refractivity contribution in [3.8, 4) is 6.07 Å². The largest absolute Gasteiger partial charge is 0.208 e. The van der Waals surface area contributed by atoms with Crippen LogP contribution in [-0.2, 0) is 0 Å². The first-order chi connectivity index (χ1) is 8.86. The molecule has 1 unspecified atom stereocenters. The second-order valence-corrected chi connectivity index (χ2v) is 3.70. The fraction of sp³-hybridized carbons (Fsp3) is 0.0714. The molecule has 0 aromatic heterocycles. The molecule has 0 spiro atoms. The summed E-state index contributed by atoms with van der Waals surface area (Å²) in [6.07, 6.45) is 0. The van der Waals surface area contributed by atoms with Crippen molar-refractivity contribution in [1.82, 2.24) is 0 Å². The first-order valence-electron chi connectivity index (χ1n) is 5.49. The van der Waals surface area contributed by atoms with Crippen LogP contribution < -0.4 is 5.01 Å². The Morgan fingerprint density at radius 3 is 2.06 bits per heavy atom. The Hall–Kier alpha value is -2.67. The maximum absolute atomic E-state index is 11.0. The number of benzene rings is 2. The average Bonchev–Trinajstić information content (AvgIpc) is 2.46. The lowest BCUT2D eigenvalue weighted by Crippen LogP contribution is -2.21. The summed E-state index contributed by atoms with van der Waals surface area (Å²) in [6.45, 7) is 0. The lowest BCUT2D eigenvalue weighted by molar-refractivity contribution is 0.766. The zero-order chi connectivity index (χ0) is 12.8. The summed E-state index contributed by atoms with van der Waals surface area (Å²) in [6, 6.07) is 19.4. The van der Waals surface area contributed by atoms with Gasteiger partial charge in [-0.05, 0) is 17.7 Å². The Labute approximate surface area is 105 Å². The van der Waals surface area contributed by atoms with Gasteiger partial charge in [0.15, 0.2) is 6.04 Å². The Kier molecular flexibility index (Phi) is 3.67. The molecule has 88 valence electrons. The van der Waals surface area contributed by atoms with Gasteiger partial charge in [-0.2, -0.15) is 5.26 Å². The van der Waals surface area contributed by atoms with Crippen molar-refractivity contribution in [2.45, 2.75) is 6.04 Å². The predicted octanol–water partition coefficient (Wildman–Crippen LogP) is 3.44. The fourth-order valence-corrected chi connectivity index (χ4v) is 1.73. The Bertz CT molecular complexity index is 548. The van der Waals surface area contributed by atoms with Gasteiger partial charge in [0, 0.05) is 0 Å². The summed E-state index contributed by atoms with van der Waals surface area (Å²) in [5.74, 6) is 0. The van der Waals surface area contributed by atoms with Crippen molar-refractivity contribution in [2.24, 2.45) is 5.29 Å². The van der Waals surface area contributed by atoms with E-state index < -0.39 is 6.04 Å². The van der Waals surface area contributed by atoms with E-state index in [2.05, 4.69) is 11.4 Å². The second-order valence-electron chi connectivity index (χ2n) is 3.70. The SMILES string of the molecule is N#CC(c1ccccc1)N(N=O)c1ccccc1. The van der Waals surface area contributed by atoms with E-state index >= 15 is 0 Å². The van der Waals surface area contributed by atoms with E-state index in [1.54, 1.807) is 36.4 Å². The van der Waals surface area contributed by atoms with Gasteiger partial charge in [-0.25, -0.2) is 5.01 Å². The van der Waals surface area contributed by atoms with Gasteiger partial charge >= 0.3 is 0 Å². The zero-order valence-corrected chi connectivity index (χ0v) is 9.60. The minimum Gasteiger partial charge on any atom is -0.208 e. The molecule has 0 radical (unpaired) electrons. The molecule has 18 heavy (non-hydrogen) atoms. The molecule has 0 aliphatic heterocycles. The smallest absolute Gasteiger partial charge is 0.167 e. The molecular weight excluding hydrogens is 226 g/mol. The monoisotopic (exact) mass is 237 g/mol. The summed E-state index contributed by atoms with van der Waals surface area (Å²) in [4.78, 5) is 11.0. The molecule has 0 saturated heterocycles. The fourth-order valence-electron chi connectivity index (χ4n) is 1.73. The van der Waals surface area contributed by atoms with Gasteiger partial charge in [0.2, 0.25) is 0 Å². The van der Waals surface area contributed by atoms with Gasteiger partial charge in [-0.15, -0.1) is 4.91 Å². The van der Waals surface area contributed by atoms with Crippen molar-refractivity contribution >= 4 is 5.69 Å². The van der Waals surface area contributed by atoms with E-state index in [1.165, 1.54) is 5.01 Å². The summed E-state index contributed by atoms with van der Waals surface area (Å²) in [5.41, 5.74) is 1.34. The number of hydrogen-bond acceptors (Lipinski definition) is 3. The van der Waals surface area contributed by atoms with Crippen LogP contribution in [-0.4, -0.2) is 0 Å². The quantitative estimate of drug-likeness (QED) is 0.604. The Morgan fingerprint density at radius 2 is 1.56 bits per heavy atom. The maximum Gasteiger partial charge on any atom is 0.167 e. The van der Waals surface area contributed by atoms with E-state index in [9.17, 15) is 10.2 Å². The van der Waals surface area contributed by atoms with Crippen molar-refractivity contribution in [2.75, 3.05) is 5.01 Å². The molecule has 2 aromatic carbocycles. The topological polar surface area (TPSA) is 56.5 Å². The van der Waals surface area contributed by atoms with Crippen molar-refractivity contribution < 1.29 is 0 Å². The van der Waals surface area contributed by atoms with Gasteiger partial charge in [0.25, 0.3) is 0 Å². The Balaban J connectivity index is 2.38. The third-order valence-electron chi connectivity index (χ3n) is 2.59. The lowest BCUT2D eigenvalue weighted by atomic mass is 10.1. The van der Waals surface area contributed by atoms with E-state index in [0.717, 1.165) is 5.56 Å². The van der Waals surface area contributed by atoms with Crippen LogP contribution in [0.1, 0.15) is 11.6 Å². The normalized spacial score (nSPS) is 11.3. The molecule has 0 amide bonds.